The van der Waals surface area contributed by atoms with Gasteiger partial charge in [-0.25, -0.2) is 4.98 Å². The van der Waals surface area contributed by atoms with E-state index >= 15 is 0 Å². The number of aromatic nitrogens is 1. The van der Waals surface area contributed by atoms with Crippen molar-refractivity contribution in [3.05, 3.63) is 34.6 Å². The van der Waals surface area contributed by atoms with Crippen LogP contribution in [0.1, 0.15) is 12.5 Å². The second-order valence-electron chi connectivity index (χ2n) is 1.91. The van der Waals surface area contributed by atoms with E-state index < -0.39 is 0 Å². The molecule has 2 heteroatoms. The molecule has 0 saturated heterocycles. The van der Waals surface area contributed by atoms with Crippen molar-refractivity contribution >= 4 is 22.0 Å². The van der Waals surface area contributed by atoms with Gasteiger partial charge in [-0.05, 0) is 34.5 Å². The van der Waals surface area contributed by atoms with Crippen molar-refractivity contribution in [2.75, 3.05) is 0 Å². The Kier molecular flexibility index (Phi) is 2.63. The Bertz CT molecular complexity index is 226. The molecule has 0 spiro atoms. The second-order valence-corrected chi connectivity index (χ2v) is 2.73. The van der Waals surface area contributed by atoms with Gasteiger partial charge in [0.2, 0.25) is 0 Å². The van der Waals surface area contributed by atoms with Crippen LogP contribution in [0.5, 0.6) is 0 Å². The average Bonchev–Trinajstić information content (AvgIpc) is 1.95. The molecule has 0 aliphatic carbocycles. The third-order valence-corrected chi connectivity index (χ3v) is 1.58. The van der Waals surface area contributed by atoms with Crippen LogP contribution in [0.15, 0.2) is 29.0 Å². The molecule has 1 rings (SSSR count). The first-order valence-corrected chi connectivity index (χ1v) is 3.86. The first kappa shape index (κ1) is 7.48. The number of hydrogen-bond acceptors (Lipinski definition) is 1. The van der Waals surface area contributed by atoms with Gasteiger partial charge >= 0.3 is 0 Å². The number of nitrogens with zero attached hydrogens (tertiary/aromatic N) is 1. The molecule has 1 aromatic rings. The van der Waals surface area contributed by atoms with Gasteiger partial charge in [-0.1, -0.05) is 18.2 Å². The van der Waals surface area contributed by atoms with Crippen molar-refractivity contribution in [3.8, 4) is 0 Å². The first-order chi connectivity index (χ1) is 4.83. The molecule has 0 aromatic carbocycles. The summed E-state index contributed by atoms with van der Waals surface area (Å²) in [7, 11) is 0. The molecule has 0 aliphatic heterocycles. The van der Waals surface area contributed by atoms with Crippen LogP contribution in [-0.4, -0.2) is 4.98 Å². The SMILES string of the molecule is C/C=C\c1ccc(Br)nc1. The highest BCUT2D eigenvalue weighted by molar-refractivity contribution is 9.10. The highest BCUT2D eigenvalue weighted by atomic mass is 79.9. The summed E-state index contributed by atoms with van der Waals surface area (Å²) < 4.78 is 0.876. The predicted octanol–water partition coefficient (Wildman–Crippen LogP) is 2.88. The second kappa shape index (κ2) is 3.52. The molecule has 0 saturated carbocycles. The average molecular weight is 198 g/mol. The zero-order valence-corrected chi connectivity index (χ0v) is 7.30. The van der Waals surface area contributed by atoms with E-state index in [9.17, 15) is 0 Å². The fourth-order valence-corrected chi connectivity index (χ4v) is 0.913. The fraction of sp³-hybridized carbons (Fsp3) is 0.125. The van der Waals surface area contributed by atoms with Crippen molar-refractivity contribution in [2.45, 2.75) is 6.92 Å². The van der Waals surface area contributed by atoms with Gasteiger partial charge in [-0.2, -0.15) is 0 Å². The monoisotopic (exact) mass is 197 g/mol. The van der Waals surface area contributed by atoms with Crippen molar-refractivity contribution < 1.29 is 0 Å². The highest BCUT2D eigenvalue weighted by Gasteiger charge is 1.85. The number of halogens is 1. The summed E-state index contributed by atoms with van der Waals surface area (Å²) in [6.07, 6.45) is 5.83. The smallest absolute Gasteiger partial charge is 0.106 e. The molecular weight excluding hydrogens is 190 g/mol. The highest BCUT2D eigenvalue weighted by Crippen LogP contribution is 2.06. The Hall–Kier alpha value is -0.630. The molecule has 52 valence electrons. The van der Waals surface area contributed by atoms with E-state index in [1.807, 2.05) is 37.4 Å². The maximum Gasteiger partial charge on any atom is 0.106 e. The summed E-state index contributed by atoms with van der Waals surface area (Å²) in [5.74, 6) is 0. The summed E-state index contributed by atoms with van der Waals surface area (Å²) >= 11 is 3.26. The van der Waals surface area contributed by atoms with Crippen molar-refractivity contribution in [1.29, 1.82) is 0 Å². The Morgan fingerprint density at radius 1 is 1.50 bits per heavy atom. The predicted molar refractivity (Wildman–Crippen MR) is 46.6 cm³/mol. The van der Waals surface area contributed by atoms with E-state index in [1.54, 1.807) is 0 Å². The Labute approximate surface area is 68.9 Å². The molecule has 0 bridgehead atoms. The van der Waals surface area contributed by atoms with Crippen LogP contribution >= 0.6 is 15.9 Å². The van der Waals surface area contributed by atoms with Crippen molar-refractivity contribution in [2.24, 2.45) is 0 Å². The lowest BCUT2D eigenvalue weighted by Crippen LogP contribution is -1.75. The van der Waals surface area contributed by atoms with E-state index in [2.05, 4.69) is 20.9 Å². The maximum atomic E-state index is 4.06. The topological polar surface area (TPSA) is 12.9 Å². The lowest BCUT2D eigenvalue weighted by atomic mass is 10.3. The van der Waals surface area contributed by atoms with Gasteiger partial charge in [0, 0.05) is 6.20 Å². The lowest BCUT2D eigenvalue weighted by molar-refractivity contribution is 1.27. The molecule has 1 aromatic heterocycles. The minimum absolute atomic E-state index is 0.876. The van der Waals surface area contributed by atoms with E-state index in [0.717, 1.165) is 10.2 Å². The van der Waals surface area contributed by atoms with Crippen LogP contribution in [0.3, 0.4) is 0 Å². The van der Waals surface area contributed by atoms with Crippen LogP contribution in [0.4, 0.5) is 0 Å². The van der Waals surface area contributed by atoms with Crippen LogP contribution < -0.4 is 0 Å². The summed E-state index contributed by atoms with van der Waals surface area (Å²) in [6, 6.07) is 3.94. The van der Waals surface area contributed by atoms with Gasteiger partial charge in [0.25, 0.3) is 0 Å². The zero-order chi connectivity index (χ0) is 7.40. The lowest BCUT2D eigenvalue weighted by Gasteiger charge is -1.90. The number of rotatable bonds is 1. The molecule has 0 fully saturated rings. The van der Waals surface area contributed by atoms with E-state index in [1.165, 1.54) is 0 Å². The largest absolute Gasteiger partial charge is 0.249 e. The summed E-state index contributed by atoms with van der Waals surface area (Å²) in [5.41, 5.74) is 1.13. The number of allylic oxidation sites excluding steroid dienone is 1. The number of hydrogen-bond donors (Lipinski definition) is 0. The zero-order valence-electron chi connectivity index (χ0n) is 5.71. The Morgan fingerprint density at radius 3 is 2.80 bits per heavy atom. The minimum atomic E-state index is 0.876. The molecule has 0 N–H and O–H groups in total. The molecule has 0 aliphatic rings. The van der Waals surface area contributed by atoms with Crippen molar-refractivity contribution in [3.63, 3.8) is 0 Å². The molecule has 10 heavy (non-hydrogen) atoms. The van der Waals surface area contributed by atoms with Gasteiger partial charge in [-0.3, -0.25) is 0 Å². The molecular formula is C8H8BrN. The van der Waals surface area contributed by atoms with Crippen LogP contribution in [0.25, 0.3) is 6.08 Å². The third kappa shape index (κ3) is 1.95. The first-order valence-electron chi connectivity index (χ1n) is 3.07. The molecule has 1 nitrogen and oxygen atoms in total. The van der Waals surface area contributed by atoms with E-state index in [-0.39, 0.29) is 0 Å². The van der Waals surface area contributed by atoms with Gasteiger partial charge < -0.3 is 0 Å². The van der Waals surface area contributed by atoms with Gasteiger partial charge in [0.05, 0.1) is 0 Å². The van der Waals surface area contributed by atoms with E-state index in [4.69, 9.17) is 0 Å². The van der Waals surface area contributed by atoms with Crippen molar-refractivity contribution in [1.82, 2.24) is 4.98 Å². The van der Waals surface area contributed by atoms with Gasteiger partial charge in [0.1, 0.15) is 4.60 Å². The van der Waals surface area contributed by atoms with Crippen LogP contribution in [0, 0.1) is 0 Å². The molecule has 0 amide bonds. The van der Waals surface area contributed by atoms with E-state index in [0.29, 0.717) is 0 Å². The van der Waals surface area contributed by atoms with Crippen LogP contribution in [-0.2, 0) is 0 Å². The molecule has 0 radical (unpaired) electrons. The quantitative estimate of drug-likeness (QED) is 0.632. The maximum absolute atomic E-state index is 4.06. The third-order valence-electron chi connectivity index (χ3n) is 1.11. The summed E-state index contributed by atoms with van der Waals surface area (Å²) in [5, 5.41) is 0. The fourth-order valence-electron chi connectivity index (χ4n) is 0.678. The Balaban J connectivity index is 2.89. The molecule has 0 unspecified atom stereocenters. The molecule has 0 atom stereocenters. The summed E-state index contributed by atoms with van der Waals surface area (Å²) in [6.45, 7) is 1.99. The standard InChI is InChI=1S/C8H8BrN/c1-2-3-7-4-5-8(9)10-6-7/h2-6H,1H3/b3-2-. The Morgan fingerprint density at radius 2 is 2.30 bits per heavy atom. The minimum Gasteiger partial charge on any atom is -0.249 e. The van der Waals surface area contributed by atoms with Gasteiger partial charge in [0.15, 0.2) is 0 Å². The van der Waals surface area contributed by atoms with Gasteiger partial charge in [-0.15, -0.1) is 0 Å². The molecule has 1 heterocycles. The normalized spacial score (nSPS) is 10.6. The summed E-state index contributed by atoms with van der Waals surface area (Å²) in [4.78, 5) is 4.06. The van der Waals surface area contributed by atoms with Crippen LogP contribution in [0.2, 0.25) is 0 Å². The number of pyridine rings is 1.